The van der Waals surface area contributed by atoms with Crippen LogP contribution in [0.4, 0.5) is 11.4 Å². The molecule has 0 aromatic heterocycles. The van der Waals surface area contributed by atoms with Gasteiger partial charge in [-0.25, -0.2) is 4.79 Å². The predicted molar refractivity (Wildman–Crippen MR) is 68.1 cm³/mol. The average molecular weight is 263 g/mol. The van der Waals surface area contributed by atoms with Gasteiger partial charge in [-0.2, -0.15) is 5.26 Å². The SMILES string of the molecule is CC(C#N)CN(C)c1cccc(C(=O)O)c1[N+](=O)[O-]. The van der Waals surface area contributed by atoms with Crippen molar-refractivity contribution >= 4 is 17.3 Å². The van der Waals surface area contributed by atoms with Gasteiger partial charge in [-0.15, -0.1) is 0 Å². The lowest BCUT2D eigenvalue weighted by Gasteiger charge is -2.20. The highest BCUT2D eigenvalue weighted by Gasteiger charge is 2.26. The fraction of sp³-hybridized carbons (Fsp3) is 0.333. The summed E-state index contributed by atoms with van der Waals surface area (Å²) < 4.78 is 0. The Kier molecular flexibility index (Phi) is 4.42. The molecule has 1 atom stereocenters. The molecule has 100 valence electrons. The minimum Gasteiger partial charge on any atom is -0.477 e. The summed E-state index contributed by atoms with van der Waals surface area (Å²) in [6.07, 6.45) is 0. The van der Waals surface area contributed by atoms with Crippen molar-refractivity contribution in [2.75, 3.05) is 18.5 Å². The van der Waals surface area contributed by atoms with E-state index in [9.17, 15) is 14.9 Å². The molecule has 1 unspecified atom stereocenters. The van der Waals surface area contributed by atoms with Gasteiger partial charge in [0.15, 0.2) is 0 Å². The van der Waals surface area contributed by atoms with E-state index >= 15 is 0 Å². The number of aromatic carboxylic acids is 1. The molecular weight excluding hydrogens is 250 g/mol. The van der Waals surface area contributed by atoms with Crippen molar-refractivity contribution in [3.05, 3.63) is 33.9 Å². The van der Waals surface area contributed by atoms with Gasteiger partial charge in [0.2, 0.25) is 0 Å². The second-order valence-electron chi connectivity index (χ2n) is 4.15. The van der Waals surface area contributed by atoms with Crippen LogP contribution >= 0.6 is 0 Å². The molecule has 1 aromatic carbocycles. The third-order valence-corrected chi connectivity index (χ3v) is 2.61. The van der Waals surface area contributed by atoms with Crippen LogP contribution in [0.2, 0.25) is 0 Å². The molecule has 0 aliphatic heterocycles. The van der Waals surface area contributed by atoms with Crippen molar-refractivity contribution in [1.82, 2.24) is 0 Å². The van der Waals surface area contributed by atoms with Crippen LogP contribution in [0.1, 0.15) is 17.3 Å². The largest absolute Gasteiger partial charge is 0.477 e. The Hall–Kier alpha value is -2.62. The van der Waals surface area contributed by atoms with Crippen molar-refractivity contribution < 1.29 is 14.8 Å². The Morgan fingerprint density at radius 1 is 1.63 bits per heavy atom. The maximum absolute atomic E-state index is 11.1. The third-order valence-electron chi connectivity index (χ3n) is 2.61. The molecule has 1 rings (SSSR count). The molecule has 19 heavy (non-hydrogen) atoms. The Morgan fingerprint density at radius 3 is 2.74 bits per heavy atom. The fourth-order valence-electron chi connectivity index (χ4n) is 1.75. The molecule has 0 aliphatic rings. The minimum absolute atomic E-state index is 0.187. The Balaban J connectivity index is 3.28. The van der Waals surface area contributed by atoms with Gasteiger partial charge in [0.25, 0.3) is 0 Å². The van der Waals surface area contributed by atoms with Crippen molar-refractivity contribution in [2.45, 2.75) is 6.92 Å². The smallest absolute Gasteiger partial charge is 0.342 e. The summed E-state index contributed by atoms with van der Waals surface area (Å²) in [5.41, 5.74) is -0.631. The molecule has 0 amide bonds. The van der Waals surface area contributed by atoms with Crippen LogP contribution in [-0.2, 0) is 0 Å². The maximum Gasteiger partial charge on any atom is 0.342 e. The molecule has 1 aromatic rings. The summed E-state index contributed by atoms with van der Waals surface area (Å²) in [6, 6.07) is 6.12. The number of nitriles is 1. The zero-order valence-corrected chi connectivity index (χ0v) is 10.5. The van der Waals surface area contributed by atoms with Crippen LogP contribution in [0.5, 0.6) is 0 Å². The van der Waals surface area contributed by atoms with Gasteiger partial charge in [-0.1, -0.05) is 6.07 Å². The van der Waals surface area contributed by atoms with Crippen LogP contribution in [0, 0.1) is 27.4 Å². The highest BCUT2D eigenvalue weighted by atomic mass is 16.6. The van der Waals surface area contributed by atoms with E-state index in [-0.39, 0.29) is 23.7 Å². The number of hydrogen-bond acceptors (Lipinski definition) is 5. The Bertz CT molecular complexity index is 550. The molecule has 0 aliphatic carbocycles. The minimum atomic E-state index is -1.35. The first-order valence-electron chi connectivity index (χ1n) is 5.50. The third kappa shape index (κ3) is 3.19. The standard InChI is InChI=1S/C12H13N3O4/c1-8(6-13)7-14(2)10-5-3-4-9(12(16)17)11(10)15(18)19/h3-5,8H,7H2,1-2H3,(H,16,17). The van der Waals surface area contributed by atoms with E-state index in [4.69, 9.17) is 10.4 Å². The number of carboxylic acids is 1. The number of anilines is 1. The molecular formula is C12H13N3O4. The molecule has 1 N–H and O–H groups in total. The quantitative estimate of drug-likeness (QED) is 0.642. The van der Waals surface area contributed by atoms with Gasteiger partial charge in [-0.05, 0) is 19.1 Å². The van der Waals surface area contributed by atoms with Gasteiger partial charge in [0, 0.05) is 13.6 Å². The summed E-state index contributed by atoms with van der Waals surface area (Å²) >= 11 is 0. The topological polar surface area (TPSA) is 107 Å². The molecule has 0 saturated carbocycles. The first-order valence-corrected chi connectivity index (χ1v) is 5.50. The molecule has 7 nitrogen and oxygen atoms in total. The molecule has 0 saturated heterocycles. The molecule has 0 fully saturated rings. The number of nitro groups is 1. The molecule has 0 bridgehead atoms. The van der Waals surface area contributed by atoms with E-state index in [2.05, 4.69) is 0 Å². The van der Waals surface area contributed by atoms with E-state index in [0.29, 0.717) is 0 Å². The first kappa shape index (κ1) is 14.4. The predicted octanol–water partition coefficient (Wildman–Crippen LogP) is 1.89. The number of hydrogen-bond donors (Lipinski definition) is 1. The normalized spacial score (nSPS) is 11.4. The Labute approximate surface area is 109 Å². The summed E-state index contributed by atoms with van der Waals surface area (Å²) in [5.74, 6) is -1.67. The number of rotatable bonds is 5. The Morgan fingerprint density at radius 2 is 2.26 bits per heavy atom. The van der Waals surface area contributed by atoms with Crippen LogP contribution in [-0.4, -0.2) is 29.6 Å². The van der Waals surface area contributed by atoms with Gasteiger partial charge in [0.05, 0.1) is 16.9 Å². The zero-order valence-electron chi connectivity index (χ0n) is 10.5. The summed E-state index contributed by atoms with van der Waals surface area (Å²) in [5, 5.41) is 28.8. The molecule has 7 heteroatoms. The second-order valence-corrected chi connectivity index (χ2v) is 4.15. The fourth-order valence-corrected chi connectivity index (χ4v) is 1.75. The average Bonchev–Trinajstić information content (AvgIpc) is 2.37. The summed E-state index contributed by atoms with van der Waals surface area (Å²) in [4.78, 5) is 22.9. The number of benzene rings is 1. The van der Waals surface area contributed by atoms with E-state index < -0.39 is 16.6 Å². The summed E-state index contributed by atoms with van der Waals surface area (Å²) in [7, 11) is 1.59. The maximum atomic E-state index is 11.1. The van der Waals surface area contributed by atoms with Crippen LogP contribution < -0.4 is 4.90 Å². The second kappa shape index (κ2) is 5.82. The lowest BCUT2D eigenvalue weighted by Crippen LogP contribution is -2.24. The zero-order chi connectivity index (χ0) is 14.6. The van der Waals surface area contributed by atoms with E-state index in [1.165, 1.54) is 23.1 Å². The van der Waals surface area contributed by atoms with Gasteiger partial charge in [0.1, 0.15) is 11.3 Å². The van der Waals surface area contributed by atoms with Gasteiger partial charge < -0.3 is 10.0 Å². The van der Waals surface area contributed by atoms with Crippen LogP contribution in [0.15, 0.2) is 18.2 Å². The van der Waals surface area contributed by atoms with Crippen molar-refractivity contribution in [1.29, 1.82) is 5.26 Å². The van der Waals surface area contributed by atoms with Gasteiger partial charge in [-0.3, -0.25) is 10.1 Å². The molecule has 0 heterocycles. The highest BCUT2D eigenvalue weighted by molar-refractivity contribution is 5.95. The monoisotopic (exact) mass is 263 g/mol. The van der Waals surface area contributed by atoms with Crippen molar-refractivity contribution in [2.24, 2.45) is 5.92 Å². The van der Waals surface area contributed by atoms with E-state index in [1.54, 1.807) is 14.0 Å². The lowest BCUT2D eigenvalue weighted by molar-refractivity contribution is -0.384. The number of nitrogens with zero attached hydrogens (tertiary/aromatic N) is 3. The first-order chi connectivity index (χ1) is 8.88. The number of carbonyl (C=O) groups is 1. The summed E-state index contributed by atoms with van der Waals surface area (Å²) in [6.45, 7) is 1.96. The van der Waals surface area contributed by atoms with Crippen LogP contribution in [0.3, 0.4) is 0 Å². The van der Waals surface area contributed by atoms with Crippen molar-refractivity contribution in [3.8, 4) is 6.07 Å². The lowest BCUT2D eigenvalue weighted by atomic mass is 10.1. The number of nitro benzene ring substituents is 1. The molecule has 0 radical (unpaired) electrons. The molecule has 0 spiro atoms. The van der Waals surface area contributed by atoms with Crippen LogP contribution in [0.25, 0.3) is 0 Å². The highest BCUT2D eigenvalue weighted by Crippen LogP contribution is 2.31. The van der Waals surface area contributed by atoms with E-state index in [1.807, 2.05) is 6.07 Å². The number of para-hydroxylation sites is 1. The van der Waals surface area contributed by atoms with Crippen molar-refractivity contribution in [3.63, 3.8) is 0 Å². The van der Waals surface area contributed by atoms with Gasteiger partial charge >= 0.3 is 11.7 Å². The van der Waals surface area contributed by atoms with E-state index in [0.717, 1.165) is 0 Å². The number of carboxylic acid groups (broad SMARTS) is 1.